The normalized spacial score (nSPS) is 11.9. The van der Waals surface area contributed by atoms with Gasteiger partial charge in [0, 0.05) is 18.4 Å². The second kappa shape index (κ2) is 9.10. The molecular formula is C22H21N3O2S. The summed E-state index contributed by atoms with van der Waals surface area (Å²) in [5.74, 6) is -0.317. The minimum atomic E-state index is -0.197. The zero-order valence-electron chi connectivity index (χ0n) is 15.7. The highest BCUT2D eigenvalue weighted by molar-refractivity contribution is 7.14. The number of nitrogens with zero attached hydrogens (tertiary/aromatic N) is 2. The van der Waals surface area contributed by atoms with Crippen LogP contribution in [0.5, 0.6) is 0 Å². The van der Waals surface area contributed by atoms with Gasteiger partial charge >= 0.3 is 0 Å². The number of nitrogens with one attached hydrogen (secondary N) is 1. The molecule has 0 unspecified atom stereocenters. The van der Waals surface area contributed by atoms with E-state index in [4.69, 9.17) is 0 Å². The van der Waals surface area contributed by atoms with Gasteiger partial charge in [0.05, 0.1) is 17.4 Å². The smallest absolute Gasteiger partial charge is 0.244 e. The Balaban J connectivity index is 1.68. The fourth-order valence-corrected chi connectivity index (χ4v) is 3.56. The molecule has 3 aromatic rings. The number of para-hydroxylation sites is 1. The number of aromatic nitrogens is 1. The fourth-order valence-electron chi connectivity index (χ4n) is 2.71. The molecule has 0 aliphatic rings. The summed E-state index contributed by atoms with van der Waals surface area (Å²) >= 11 is 1.35. The lowest BCUT2D eigenvalue weighted by molar-refractivity contribution is -0.117. The monoisotopic (exact) mass is 391 g/mol. The number of amides is 2. The van der Waals surface area contributed by atoms with Crippen molar-refractivity contribution in [1.82, 2.24) is 10.3 Å². The Morgan fingerprint density at radius 1 is 1.07 bits per heavy atom. The van der Waals surface area contributed by atoms with Gasteiger partial charge in [0.1, 0.15) is 0 Å². The molecule has 2 aromatic carbocycles. The largest absolute Gasteiger partial charge is 0.346 e. The van der Waals surface area contributed by atoms with Gasteiger partial charge in [0.2, 0.25) is 11.8 Å². The van der Waals surface area contributed by atoms with Crippen LogP contribution in [-0.2, 0) is 9.59 Å². The first-order valence-corrected chi connectivity index (χ1v) is 9.77. The maximum absolute atomic E-state index is 12.2. The summed E-state index contributed by atoms with van der Waals surface area (Å²) in [5.41, 5.74) is 2.43. The number of hydrogen-bond acceptors (Lipinski definition) is 4. The summed E-state index contributed by atoms with van der Waals surface area (Å²) in [7, 11) is 0. The lowest BCUT2D eigenvalue weighted by atomic mass is 10.1. The van der Waals surface area contributed by atoms with Crippen LogP contribution in [0.3, 0.4) is 0 Å². The average Bonchev–Trinajstić information content (AvgIpc) is 3.16. The number of benzene rings is 2. The highest BCUT2D eigenvalue weighted by Gasteiger charge is 2.17. The molecule has 5 nitrogen and oxygen atoms in total. The molecule has 6 heteroatoms. The average molecular weight is 391 g/mol. The van der Waals surface area contributed by atoms with Gasteiger partial charge in [0.25, 0.3) is 0 Å². The molecule has 1 aromatic heterocycles. The molecule has 2 amide bonds. The van der Waals surface area contributed by atoms with E-state index in [1.165, 1.54) is 24.3 Å². The molecule has 3 rings (SSSR count). The van der Waals surface area contributed by atoms with E-state index in [0.29, 0.717) is 10.8 Å². The summed E-state index contributed by atoms with van der Waals surface area (Å²) in [4.78, 5) is 30.3. The molecule has 0 fully saturated rings. The Bertz CT molecular complexity index is 968. The van der Waals surface area contributed by atoms with E-state index in [0.717, 1.165) is 11.3 Å². The second-order valence-corrected chi connectivity index (χ2v) is 7.06. The highest BCUT2D eigenvalue weighted by atomic mass is 32.1. The van der Waals surface area contributed by atoms with Crippen molar-refractivity contribution in [2.24, 2.45) is 0 Å². The van der Waals surface area contributed by atoms with E-state index < -0.39 is 0 Å². The minimum Gasteiger partial charge on any atom is -0.346 e. The predicted octanol–water partition coefficient (Wildman–Crippen LogP) is 4.72. The number of carbonyl (C=O) groups excluding carboxylic acids is 2. The van der Waals surface area contributed by atoms with Crippen LogP contribution in [0.1, 0.15) is 31.1 Å². The number of carbonyl (C=O) groups is 2. The molecule has 0 radical (unpaired) electrons. The summed E-state index contributed by atoms with van der Waals surface area (Å²) in [6.07, 6.45) is 3.11. The molecule has 142 valence electrons. The first-order valence-electron chi connectivity index (χ1n) is 8.89. The van der Waals surface area contributed by atoms with E-state index in [9.17, 15) is 9.59 Å². The molecule has 0 aliphatic carbocycles. The first-order chi connectivity index (χ1) is 13.5. The van der Waals surface area contributed by atoms with Gasteiger partial charge in [-0.1, -0.05) is 48.5 Å². The van der Waals surface area contributed by atoms with Gasteiger partial charge in [-0.2, -0.15) is 0 Å². The molecular weight excluding hydrogens is 370 g/mol. The van der Waals surface area contributed by atoms with Crippen LogP contribution in [0.15, 0.2) is 72.1 Å². The number of thiazole rings is 1. The van der Waals surface area contributed by atoms with Crippen molar-refractivity contribution in [2.45, 2.75) is 19.9 Å². The second-order valence-electron chi connectivity index (χ2n) is 6.22. The predicted molar refractivity (Wildman–Crippen MR) is 113 cm³/mol. The molecule has 0 bridgehead atoms. The van der Waals surface area contributed by atoms with Gasteiger partial charge < -0.3 is 5.32 Å². The third kappa shape index (κ3) is 4.92. The number of rotatable bonds is 6. The van der Waals surface area contributed by atoms with Crippen LogP contribution in [-0.4, -0.2) is 16.8 Å². The van der Waals surface area contributed by atoms with Crippen molar-refractivity contribution in [3.63, 3.8) is 0 Å². The Kier molecular flexibility index (Phi) is 6.34. The van der Waals surface area contributed by atoms with Gasteiger partial charge in [-0.15, -0.1) is 11.3 Å². The van der Waals surface area contributed by atoms with Crippen LogP contribution >= 0.6 is 11.3 Å². The van der Waals surface area contributed by atoms with Crippen LogP contribution in [0, 0.1) is 0 Å². The summed E-state index contributed by atoms with van der Waals surface area (Å²) in [6, 6.07) is 19.0. The maximum atomic E-state index is 12.2. The van der Waals surface area contributed by atoms with Crippen LogP contribution in [0.25, 0.3) is 6.08 Å². The van der Waals surface area contributed by atoms with E-state index in [-0.39, 0.29) is 17.9 Å². The molecule has 0 aliphatic heterocycles. The lowest BCUT2D eigenvalue weighted by Gasteiger charge is -2.17. The lowest BCUT2D eigenvalue weighted by Crippen LogP contribution is -2.24. The SMILES string of the molecule is CC(=O)N(c1ccccc1)c1nc(/C=C/C(=O)N[C@@H](C)c2ccccc2)cs1. The summed E-state index contributed by atoms with van der Waals surface area (Å²) < 4.78 is 0. The molecule has 0 saturated carbocycles. The van der Waals surface area contributed by atoms with Crippen LogP contribution in [0.2, 0.25) is 0 Å². The van der Waals surface area contributed by atoms with Gasteiger partial charge in [-0.25, -0.2) is 4.98 Å². The molecule has 28 heavy (non-hydrogen) atoms. The number of anilines is 2. The minimum absolute atomic E-state index is 0.0874. The molecule has 1 N–H and O–H groups in total. The fraction of sp³-hybridized carbons (Fsp3) is 0.136. The van der Waals surface area contributed by atoms with E-state index in [1.54, 1.807) is 11.0 Å². The van der Waals surface area contributed by atoms with Crippen molar-refractivity contribution < 1.29 is 9.59 Å². The molecule has 1 heterocycles. The van der Waals surface area contributed by atoms with Crippen LogP contribution in [0.4, 0.5) is 10.8 Å². The Morgan fingerprint density at radius 3 is 2.36 bits per heavy atom. The maximum Gasteiger partial charge on any atom is 0.244 e. The highest BCUT2D eigenvalue weighted by Crippen LogP contribution is 2.29. The summed E-state index contributed by atoms with van der Waals surface area (Å²) in [6.45, 7) is 3.44. The van der Waals surface area contributed by atoms with E-state index in [1.807, 2.05) is 73.0 Å². The van der Waals surface area contributed by atoms with Gasteiger partial charge in [-0.3, -0.25) is 14.5 Å². The zero-order chi connectivity index (χ0) is 19.9. The van der Waals surface area contributed by atoms with Crippen molar-refractivity contribution in [3.05, 3.63) is 83.4 Å². The van der Waals surface area contributed by atoms with E-state index in [2.05, 4.69) is 10.3 Å². The van der Waals surface area contributed by atoms with Gasteiger partial charge in [-0.05, 0) is 30.7 Å². The Morgan fingerprint density at radius 2 is 1.71 bits per heavy atom. The van der Waals surface area contributed by atoms with Crippen molar-refractivity contribution in [1.29, 1.82) is 0 Å². The van der Waals surface area contributed by atoms with Gasteiger partial charge in [0.15, 0.2) is 5.13 Å². The third-order valence-corrected chi connectivity index (χ3v) is 4.94. The molecule has 0 saturated heterocycles. The van der Waals surface area contributed by atoms with E-state index >= 15 is 0 Å². The van der Waals surface area contributed by atoms with Crippen molar-refractivity contribution in [3.8, 4) is 0 Å². The van der Waals surface area contributed by atoms with Crippen molar-refractivity contribution in [2.75, 3.05) is 4.90 Å². The third-order valence-electron chi connectivity index (χ3n) is 4.09. The van der Waals surface area contributed by atoms with Crippen LogP contribution < -0.4 is 10.2 Å². The summed E-state index contributed by atoms with van der Waals surface area (Å²) in [5, 5.41) is 5.31. The topological polar surface area (TPSA) is 62.3 Å². The Labute approximate surface area is 168 Å². The molecule has 0 spiro atoms. The standard InChI is InChI=1S/C22H21N3O2S/c1-16(18-9-5-3-6-10-18)23-21(27)14-13-19-15-28-22(24-19)25(17(2)26)20-11-7-4-8-12-20/h3-16H,1-2H3,(H,23,27)/b14-13+/t16-/m0/s1. The number of hydrogen-bond donors (Lipinski definition) is 1. The Hall–Kier alpha value is -3.25. The first kappa shape index (κ1) is 19.5. The van der Waals surface area contributed by atoms with Crippen molar-refractivity contribution >= 4 is 40.0 Å². The zero-order valence-corrected chi connectivity index (χ0v) is 16.5. The molecule has 1 atom stereocenters. The quantitative estimate of drug-likeness (QED) is 0.619.